The maximum atomic E-state index is 6.07. The van der Waals surface area contributed by atoms with E-state index in [1.165, 1.54) is 13.1 Å². The molecule has 108 valence electrons. The molecular weight excluding hydrogens is 224 g/mol. The molecule has 18 heavy (non-hydrogen) atoms. The van der Waals surface area contributed by atoms with Crippen LogP contribution < -0.4 is 5.73 Å². The Bertz CT molecular complexity index is 213. The third-order valence-electron chi connectivity index (χ3n) is 3.79. The van der Waals surface area contributed by atoms with Gasteiger partial charge in [-0.25, -0.2) is 0 Å². The summed E-state index contributed by atoms with van der Waals surface area (Å²) >= 11 is 0. The molecule has 0 saturated carbocycles. The topological polar surface area (TPSA) is 38.5 Å². The van der Waals surface area contributed by atoms with E-state index >= 15 is 0 Å². The fourth-order valence-corrected chi connectivity index (χ4v) is 2.94. The lowest BCUT2D eigenvalue weighted by Gasteiger charge is -2.41. The fraction of sp³-hybridized carbons (Fsp3) is 1.00. The summed E-state index contributed by atoms with van der Waals surface area (Å²) in [6.45, 7) is 15.3. The van der Waals surface area contributed by atoms with Gasteiger partial charge in [-0.3, -0.25) is 0 Å². The standard InChI is InChI=1S/C15H32N2O/c1-13(2)9-17(10-14(3)4)12-15(11-16)5-7-18-8-6-15/h13-14H,5-12,16H2,1-4H3. The molecule has 3 heteroatoms. The summed E-state index contributed by atoms with van der Waals surface area (Å²) in [6.07, 6.45) is 2.24. The van der Waals surface area contributed by atoms with Crippen LogP contribution in [0.3, 0.4) is 0 Å². The van der Waals surface area contributed by atoms with Gasteiger partial charge < -0.3 is 15.4 Å². The van der Waals surface area contributed by atoms with Crippen LogP contribution in [-0.4, -0.2) is 44.3 Å². The average Bonchev–Trinajstić information content (AvgIpc) is 2.28. The van der Waals surface area contributed by atoms with Crippen LogP contribution in [0.25, 0.3) is 0 Å². The van der Waals surface area contributed by atoms with E-state index in [1.54, 1.807) is 0 Å². The van der Waals surface area contributed by atoms with Crippen LogP contribution in [0, 0.1) is 17.3 Å². The van der Waals surface area contributed by atoms with E-state index in [4.69, 9.17) is 10.5 Å². The van der Waals surface area contributed by atoms with Gasteiger partial charge in [-0.1, -0.05) is 27.7 Å². The number of nitrogens with two attached hydrogens (primary N) is 1. The van der Waals surface area contributed by atoms with Gasteiger partial charge in [0.05, 0.1) is 0 Å². The molecule has 0 unspecified atom stereocenters. The first-order valence-corrected chi connectivity index (χ1v) is 7.47. The van der Waals surface area contributed by atoms with Crippen LogP contribution in [0.5, 0.6) is 0 Å². The number of nitrogens with zero attached hydrogens (tertiary/aromatic N) is 1. The Morgan fingerprint density at radius 3 is 1.94 bits per heavy atom. The van der Waals surface area contributed by atoms with Gasteiger partial charge in [0.25, 0.3) is 0 Å². The van der Waals surface area contributed by atoms with Crippen LogP contribution in [0.15, 0.2) is 0 Å². The van der Waals surface area contributed by atoms with Gasteiger partial charge in [-0.05, 0) is 36.6 Å². The van der Waals surface area contributed by atoms with Gasteiger partial charge >= 0.3 is 0 Å². The van der Waals surface area contributed by atoms with Crippen molar-refractivity contribution in [3.63, 3.8) is 0 Å². The minimum atomic E-state index is 0.294. The molecule has 1 fully saturated rings. The number of ether oxygens (including phenoxy) is 1. The number of hydrogen-bond acceptors (Lipinski definition) is 3. The second-order valence-corrected chi connectivity index (χ2v) is 6.80. The first-order chi connectivity index (χ1) is 8.47. The van der Waals surface area contributed by atoms with Crippen LogP contribution in [0.1, 0.15) is 40.5 Å². The Hall–Kier alpha value is -0.120. The maximum absolute atomic E-state index is 6.07. The summed E-state index contributed by atoms with van der Waals surface area (Å²) in [5.74, 6) is 1.44. The molecule has 1 rings (SSSR count). The molecule has 0 aromatic carbocycles. The predicted molar refractivity (Wildman–Crippen MR) is 77.7 cm³/mol. The smallest absolute Gasteiger partial charge is 0.0472 e. The highest BCUT2D eigenvalue weighted by Gasteiger charge is 2.33. The summed E-state index contributed by atoms with van der Waals surface area (Å²) in [5.41, 5.74) is 6.36. The minimum Gasteiger partial charge on any atom is -0.381 e. The molecule has 0 aromatic heterocycles. The van der Waals surface area contributed by atoms with Gasteiger partial charge in [0.1, 0.15) is 0 Å². The zero-order valence-electron chi connectivity index (χ0n) is 12.7. The third kappa shape index (κ3) is 5.25. The van der Waals surface area contributed by atoms with Crippen molar-refractivity contribution in [1.29, 1.82) is 0 Å². The van der Waals surface area contributed by atoms with E-state index in [0.717, 1.165) is 51.0 Å². The lowest BCUT2D eigenvalue weighted by atomic mass is 9.79. The van der Waals surface area contributed by atoms with Crippen molar-refractivity contribution in [2.45, 2.75) is 40.5 Å². The highest BCUT2D eigenvalue weighted by atomic mass is 16.5. The average molecular weight is 256 g/mol. The van der Waals surface area contributed by atoms with Crippen molar-refractivity contribution in [3.05, 3.63) is 0 Å². The van der Waals surface area contributed by atoms with Crippen molar-refractivity contribution >= 4 is 0 Å². The largest absolute Gasteiger partial charge is 0.381 e. The number of hydrogen-bond donors (Lipinski definition) is 1. The van der Waals surface area contributed by atoms with Crippen molar-refractivity contribution in [1.82, 2.24) is 4.90 Å². The molecule has 1 heterocycles. The van der Waals surface area contributed by atoms with Gasteiger partial charge in [-0.15, -0.1) is 0 Å². The van der Waals surface area contributed by atoms with E-state index in [-0.39, 0.29) is 0 Å². The van der Waals surface area contributed by atoms with Gasteiger partial charge in [0.15, 0.2) is 0 Å². The van der Waals surface area contributed by atoms with E-state index in [0.29, 0.717) is 5.41 Å². The summed E-state index contributed by atoms with van der Waals surface area (Å²) in [7, 11) is 0. The Morgan fingerprint density at radius 2 is 1.56 bits per heavy atom. The van der Waals surface area contributed by atoms with Crippen LogP contribution in [0.4, 0.5) is 0 Å². The normalized spacial score (nSPS) is 20.0. The Kier molecular flexibility index (Phi) is 6.61. The quantitative estimate of drug-likeness (QED) is 0.760. The summed E-state index contributed by atoms with van der Waals surface area (Å²) in [6, 6.07) is 0. The third-order valence-corrected chi connectivity index (χ3v) is 3.79. The van der Waals surface area contributed by atoms with E-state index in [1.807, 2.05) is 0 Å². The van der Waals surface area contributed by atoms with Crippen LogP contribution in [0.2, 0.25) is 0 Å². The van der Waals surface area contributed by atoms with Crippen LogP contribution in [-0.2, 0) is 4.74 Å². The first-order valence-electron chi connectivity index (χ1n) is 7.47. The molecule has 1 aliphatic heterocycles. The Morgan fingerprint density at radius 1 is 1.06 bits per heavy atom. The maximum Gasteiger partial charge on any atom is 0.0472 e. The molecular formula is C15H32N2O. The predicted octanol–water partition coefficient (Wildman–Crippen LogP) is 2.36. The molecule has 0 aromatic rings. The molecule has 1 aliphatic rings. The SMILES string of the molecule is CC(C)CN(CC(C)C)CC1(CN)CCOCC1. The summed E-state index contributed by atoms with van der Waals surface area (Å²) in [5, 5.41) is 0. The van der Waals surface area contributed by atoms with Crippen LogP contribution >= 0.6 is 0 Å². The van der Waals surface area contributed by atoms with Crippen molar-refractivity contribution in [2.75, 3.05) is 39.4 Å². The zero-order chi connectivity index (χ0) is 13.6. The second-order valence-electron chi connectivity index (χ2n) is 6.80. The Labute approximate surface area is 113 Å². The van der Waals surface area contributed by atoms with E-state index in [2.05, 4.69) is 32.6 Å². The lowest BCUT2D eigenvalue weighted by Crippen LogP contribution is -2.47. The van der Waals surface area contributed by atoms with E-state index in [9.17, 15) is 0 Å². The van der Waals surface area contributed by atoms with Gasteiger partial charge in [-0.2, -0.15) is 0 Å². The second kappa shape index (κ2) is 7.46. The first kappa shape index (κ1) is 15.9. The summed E-state index contributed by atoms with van der Waals surface area (Å²) in [4.78, 5) is 2.62. The van der Waals surface area contributed by atoms with Crippen molar-refractivity contribution in [2.24, 2.45) is 23.0 Å². The van der Waals surface area contributed by atoms with Gasteiger partial charge in [0, 0.05) is 32.8 Å². The molecule has 0 aliphatic carbocycles. The zero-order valence-corrected chi connectivity index (χ0v) is 12.7. The van der Waals surface area contributed by atoms with Crippen molar-refractivity contribution in [3.8, 4) is 0 Å². The minimum absolute atomic E-state index is 0.294. The van der Waals surface area contributed by atoms with Crippen molar-refractivity contribution < 1.29 is 4.74 Å². The molecule has 0 amide bonds. The molecule has 0 atom stereocenters. The lowest BCUT2D eigenvalue weighted by molar-refractivity contribution is -0.00356. The molecule has 3 nitrogen and oxygen atoms in total. The highest BCUT2D eigenvalue weighted by molar-refractivity contribution is 4.86. The molecule has 2 N–H and O–H groups in total. The molecule has 0 bridgehead atoms. The highest BCUT2D eigenvalue weighted by Crippen LogP contribution is 2.30. The monoisotopic (exact) mass is 256 g/mol. The number of rotatable bonds is 7. The Balaban J connectivity index is 2.60. The summed E-state index contributed by atoms with van der Waals surface area (Å²) < 4.78 is 5.50. The molecule has 0 radical (unpaired) electrons. The molecule has 0 spiro atoms. The fourth-order valence-electron chi connectivity index (χ4n) is 2.94. The molecule has 1 saturated heterocycles. The van der Waals surface area contributed by atoms with Gasteiger partial charge in [0.2, 0.25) is 0 Å². The van der Waals surface area contributed by atoms with E-state index < -0.39 is 0 Å².